The summed E-state index contributed by atoms with van der Waals surface area (Å²) in [6.07, 6.45) is 4.36. The fourth-order valence-corrected chi connectivity index (χ4v) is 5.25. The fourth-order valence-electron chi connectivity index (χ4n) is 5.25. The average molecular weight is 344 g/mol. The average Bonchev–Trinajstić information content (AvgIpc) is 2.87. The van der Waals surface area contributed by atoms with Crippen molar-refractivity contribution in [3.05, 3.63) is 35.9 Å². The summed E-state index contributed by atoms with van der Waals surface area (Å²) in [7, 11) is 4.42. The van der Waals surface area contributed by atoms with Gasteiger partial charge in [-0.1, -0.05) is 51.1 Å². The fraction of sp³-hybridized carbons (Fsp3) is 0.682. The lowest BCUT2D eigenvalue weighted by molar-refractivity contribution is -0.903. The minimum absolute atomic E-state index is 0.230. The van der Waals surface area contributed by atoms with Crippen molar-refractivity contribution in [2.24, 2.45) is 16.7 Å². The maximum Gasteiger partial charge on any atom is 0.225 e. The molecule has 0 heterocycles. The molecular weight excluding hydrogens is 308 g/mol. The van der Waals surface area contributed by atoms with Gasteiger partial charge in [-0.25, -0.2) is 0 Å². The summed E-state index contributed by atoms with van der Waals surface area (Å²) in [6, 6.07) is 10.9. The van der Waals surface area contributed by atoms with Gasteiger partial charge in [-0.05, 0) is 36.0 Å². The zero-order valence-corrected chi connectivity index (χ0v) is 16.6. The smallest absolute Gasteiger partial charge is 0.225 e. The largest absolute Gasteiger partial charge is 0.353 e. The minimum Gasteiger partial charge on any atom is -0.353 e. The van der Waals surface area contributed by atoms with E-state index in [1.54, 1.807) is 0 Å². The van der Waals surface area contributed by atoms with Crippen molar-refractivity contribution in [1.82, 2.24) is 5.32 Å². The molecule has 1 N–H and O–H groups in total. The van der Waals surface area contributed by atoms with E-state index in [1.807, 2.05) is 6.07 Å². The number of carbonyl (C=O) groups excluding carboxylic acids is 1. The van der Waals surface area contributed by atoms with Crippen LogP contribution < -0.4 is 5.32 Å². The van der Waals surface area contributed by atoms with Crippen LogP contribution >= 0.6 is 0 Å². The molecule has 0 saturated heterocycles. The van der Waals surface area contributed by atoms with Gasteiger partial charge >= 0.3 is 0 Å². The predicted molar refractivity (Wildman–Crippen MR) is 103 cm³/mol. The molecule has 138 valence electrons. The second kappa shape index (κ2) is 6.42. The first-order valence-corrected chi connectivity index (χ1v) is 9.79. The molecule has 0 radical (unpaired) electrons. The third-order valence-electron chi connectivity index (χ3n) is 7.53. The Morgan fingerprint density at radius 2 is 1.88 bits per heavy atom. The summed E-state index contributed by atoms with van der Waals surface area (Å²) in [5.74, 6) is 1.00. The van der Waals surface area contributed by atoms with Crippen molar-refractivity contribution in [3.63, 3.8) is 0 Å². The van der Waals surface area contributed by atoms with E-state index in [-0.39, 0.29) is 11.3 Å². The Kier molecular flexibility index (Phi) is 4.74. The molecule has 1 aromatic rings. The number of carbonyl (C=O) groups is 1. The number of hydrogen-bond donors (Lipinski definition) is 1. The molecule has 2 aliphatic carbocycles. The lowest BCUT2D eigenvalue weighted by Gasteiger charge is -2.39. The number of nitrogens with zero attached hydrogens (tertiary/aromatic N) is 1. The summed E-state index contributed by atoms with van der Waals surface area (Å²) in [5, 5.41) is 3.39. The molecule has 0 aromatic heterocycles. The Labute approximate surface area is 153 Å². The zero-order valence-electron chi connectivity index (χ0n) is 16.6. The van der Waals surface area contributed by atoms with Gasteiger partial charge in [0, 0.05) is 11.6 Å². The first-order valence-electron chi connectivity index (χ1n) is 9.79. The normalized spacial score (nSPS) is 30.4. The molecule has 3 nitrogen and oxygen atoms in total. The van der Waals surface area contributed by atoms with E-state index < -0.39 is 0 Å². The van der Waals surface area contributed by atoms with Gasteiger partial charge < -0.3 is 9.80 Å². The first-order chi connectivity index (χ1) is 11.6. The van der Waals surface area contributed by atoms with Crippen LogP contribution in [0.1, 0.15) is 52.0 Å². The number of nitrogens with one attached hydrogen (secondary N) is 1. The molecule has 0 unspecified atom stereocenters. The molecule has 2 aliphatic rings. The molecule has 3 atom stereocenters. The Morgan fingerprint density at radius 3 is 2.44 bits per heavy atom. The third kappa shape index (κ3) is 3.48. The summed E-state index contributed by atoms with van der Waals surface area (Å²) in [5.41, 5.74) is 1.95. The maximum atomic E-state index is 12.6. The number of fused-ring (bicyclic) bond motifs is 2. The highest BCUT2D eigenvalue weighted by Crippen LogP contribution is 2.65. The molecule has 2 fully saturated rings. The minimum atomic E-state index is 0.230. The van der Waals surface area contributed by atoms with Gasteiger partial charge in [-0.2, -0.15) is 0 Å². The van der Waals surface area contributed by atoms with Gasteiger partial charge in [-0.15, -0.1) is 0 Å². The zero-order chi connectivity index (χ0) is 18.3. The van der Waals surface area contributed by atoms with Gasteiger partial charge in [0.15, 0.2) is 0 Å². The van der Waals surface area contributed by atoms with E-state index in [9.17, 15) is 4.79 Å². The highest BCUT2D eigenvalue weighted by atomic mass is 16.1. The highest BCUT2D eigenvalue weighted by molar-refractivity contribution is 5.76. The van der Waals surface area contributed by atoms with E-state index in [0.29, 0.717) is 17.9 Å². The van der Waals surface area contributed by atoms with Crippen molar-refractivity contribution in [2.45, 2.75) is 59.0 Å². The summed E-state index contributed by atoms with van der Waals surface area (Å²) in [4.78, 5) is 12.6. The van der Waals surface area contributed by atoms with E-state index in [4.69, 9.17) is 0 Å². The van der Waals surface area contributed by atoms with Crippen LogP contribution in [0, 0.1) is 16.7 Å². The van der Waals surface area contributed by atoms with Crippen molar-refractivity contribution < 1.29 is 9.28 Å². The molecule has 1 amide bonds. The SMILES string of the molecule is CC1(C)[C@H]2CC[C@@]1(C)[C@H](NC(=O)CC[N+](C)(C)Cc1ccccc1)C2. The number of quaternary nitrogens is 1. The molecule has 0 spiro atoms. The Hall–Kier alpha value is -1.35. The summed E-state index contributed by atoms with van der Waals surface area (Å²) < 4.78 is 0.841. The lowest BCUT2D eigenvalue weighted by Crippen LogP contribution is -2.48. The van der Waals surface area contributed by atoms with Crippen molar-refractivity contribution >= 4 is 5.91 Å². The van der Waals surface area contributed by atoms with Gasteiger partial charge in [-0.3, -0.25) is 4.79 Å². The number of rotatable bonds is 6. The predicted octanol–water partition coefficient (Wildman–Crippen LogP) is 3.98. The van der Waals surface area contributed by atoms with Gasteiger partial charge in [0.2, 0.25) is 5.91 Å². The van der Waals surface area contributed by atoms with E-state index in [0.717, 1.165) is 29.9 Å². The number of amides is 1. The second-order valence-corrected chi connectivity index (χ2v) is 9.78. The monoisotopic (exact) mass is 343 g/mol. The first kappa shape index (κ1) is 18.4. The molecule has 2 saturated carbocycles. The molecule has 2 bridgehead atoms. The van der Waals surface area contributed by atoms with E-state index in [1.165, 1.54) is 18.4 Å². The van der Waals surface area contributed by atoms with Crippen LogP contribution in [0.4, 0.5) is 0 Å². The van der Waals surface area contributed by atoms with Crippen LogP contribution in [0.5, 0.6) is 0 Å². The summed E-state index contributed by atoms with van der Waals surface area (Å²) >= 11 is 0. The van der Waals surface area contributed by atoms with Crippen LogP contribution in [0.3, 0.4) is 0 Å². The van der Waals surface area contributed by atoms with Crippen LogP contribution in [-0.2, 0) is 11.3 Å². The van der Waals surface area contributed by atoms with Crippen molar-refractivity contribution in [2.75, 3.05) is 20.6 Å². The van der Waals surface area contributed by atoms with Crippen LogP contribution in [0.15, 0.2) is 30.3 Å². The van der Waals surface area contributed by atoms with Crippen LogP contribution in [0.2, 0.25) is 0 Å². The molecule has 3 rings (SSSR count). The Bertz CT molecular complexity index is 622. The van der Waals surface area contributed by atoms with Crippen molar-refractivity contribution in [1.29, 1.82) is 0 Å². The summed E-state index contributed by atoms with van der Waals surface area (Å²) in [6.45, 7) is 9.02. The van der Waals surface area contributed by atoms with Gasteiger partial charge in [0.1, 0.15) is 6.54 Å². The lowest BCUT2D eigenvalue weighted by atomic mass is 9.69. The van der Waals surface area contributed by atoms with Gasteiger partial charge in [0.05, 0.1) is 27.1 Å². The molecular formula is C22H35N2O+. The molecule has 0 aliphatic heterocycles. The van der Waals surface area contributed by atoms with E-state index in [2.05, 4.69) is 64.4 Å². The third-order valence-corrected chi connectivity index (χ3v) is 7.53. The second-order valence-electron chi connectivity index (χ2n) is 9.78. The standard InChI is InChI=1S/C22H34N2O/c1-21(2)18-11-13-22(21,3)19(15-18)23-20(25)12-14-24(4,5)16-17-9-7-6-8-10-17/h6-10,18-19H,11-16H2,1-5H3/p+1/t18-,19+,22-/m0/s1. The van der Waals surface area contributed by atoms with E-state index >= 15 is 0 Å². The maximum absolute atomic E-state index is 12.6. The topological polar surface area (TPSA) is 29.1 Å². The van der Waals surface area contributed by atoms with Crippen LogP contribution in [0.25, 0.3) is 0 Å². The highest BCUT2D eigenvalue weighted by Gasteiger charge is 2.61. The Balaban J connectivity index is 1.52. The Morgan fingerprint density at radius 1 is 1.20 bits per heavy atom. The molecule has 1 aromatic carbocycles. The number of benzene rings is 1. The van der Waals surface area contributed by atoms with Gasteiger partial charge in [0.25, 0.3) is 0 Å². The van der Waals surface area contributed by atoms with Crippen LogP contribution in [-0.4, -0.2) is 37.1 Å². The quantitative estimate of drug-likeness (QED) is 0.778. The molecule has 3 heteroatoms. The van der Waals surface area contributed by atoms with Crippen molar-refractivity contribution in [3.8, 4) is 0 Å². The molecule has 25 heavy (non-hydrogen) atoms. The number of hydrogen-bond acceptors (Lipinski definition) is 1.